The Bertz CT molecular complexity index is 380. The monoisotopic (exact) mass is 285 g/mol. The SMILES string of the molecule is CCC1NC(C)CC1c1cc(F)ccc1Br. The molecule has 1 N–H and O–H groups in total. The molecule has 0 spiro atoms. The Balaban J connectivity index is 2.32. The molecule has 0 amide bonds. The van der Waals surface area contributed by atoms with Gasteiger partial charge in [-0.3, -0.25) is 0 Å². The van der Waals surface area contributed by atoms with E-state index in [9.17, 15) is 4.39 Å². The van der Waals surface area contributed by atoms with Gasteiger partial charge < -0.3 is 5.32 Å². The summed E-state index contributed by atoms with van der Waals surface area (Å²) in [6, 6.07) is 5.95. The van der Waals surface area contributed by atoms with Crippen LogP contribution in [0, 0.1) is 5.82 Å². The highest BCUT2D eigenvalue weighted by Crippen LogP contribution is 2.36. The first-order valence-corrected chi connectivity index (χ1v) is 6.62. The van der Waals surface area contributed by atoms with E-state index in [4.69, 9.17) is 0 Å². The average Bonchev–Trinajstić information content (AvgIpc) is 2.63. The van der Waals surface area contributed by atoms with Crippen LogP contribution >= 0.6 is 15.9 Å². The van der Waals surface area contributed by atoms with Crippen molar-refractivity contribution in [3.63, 3.8) is 0 Å². The van der Waals surface area contributed by atoms with Gasteiger partial charge in [-0.05, 0) is 43.5 Å². The highest BCUT2D eigenvalue weighted by atomic mass is 79.9. The minimum absolute atomic E-state index is 0.146. The Labute approximate surface area is 105 Å². The molecular formula is C13H17BrFN. The van der Waals surface area contributed by atoms with Crippen LogP contribution in [0.1, 0.15) is 38.2 Å². The van der Waals surface area contributed by atoms with E-state index >= 15 is 0 Å². The van der Waals surface area contributed by atoms with Crippen molar-refractivity contribution in [2.75, 3.05) is 0 Å². The van der Waals surface area contributed by atoms with Gasteiger partial charge in [0.05, 0.1) is 0 Å². The highest BCUT2D eigenvalue weighted by Gasteiger charge is 2.32. The summed E-state index contributed by atoms with van der Waals surface area (Å²) < 4.78 is 14.3. The van der Waals surface area contributed by atoms with E-state index in [1.54, 1.807) is 12.1 Å². The van der Waals surface area contributed by atoms with Crippen LogP contribution < -0.4 is 5.32 Å². The Morgan fingerprint density at radius 2 is 2.25 bits per heavy atom. The molecule has 0 aliphatic carbocycles. The van der Waals surface area contributed by atoms with Crippen molar-refractivity contribution in [2.24, 2.45) is 0 Å². The van der Waals surface area contributed by atoms with Gasteiger partial charge in [0.25, 0.3) is 0 Å². The molecule has 1 heterocycles. The Kier molecular flexibility index (Phi) is 3.65. The fourth-order valence-electron chi connectivity index (χ4n) is 2.64. The van der Waals surface area contributed by atoms with Gasteiger partial charge >= 0.3 is 0 Å². The first kappa shape index (κ1) is 12.1. The maximum atomic E-state index is 13.3. The molecular weight excluding hydrogens is 269 g/mol. The topological polar surface area (TPSA) is 12.0 Å². The second-order valence-corrected chi connectivity index (χ2v) is 5.44. The molecule has 1 aliphatic rings. The quantitative estimate of drug-likeness (QED) is 0.871. The van der Waals surface area contributed by atoms with Crippen LogP contribution in [0.2, 0.25) is 0 Å². The fourth-order valence-corrected chi connectivity index (χ4v) is 3.18. The number of nitrogens with one attached hydrogen (secondary N) is 1. The number of hydrogen-bond donors (Lipinski definition) is 1. The van der Waals surface area contributed by atoms with Crippen molar-refractivity contribution in [1.29, 1.82) is 0 Å². The standard InChI is InChI=1S/C13H17BrFN/c1-3-13-11(6-8(2)16-13)10-7-9(15)4-5-12(10)14/h4-5,7-8,11,13,16H,3,6H2,1-2H3. The summed E-state index contributed by atoms with van der Waals surface area (Å²) in [7, 11) is 0. The maximum absolute atomic E-state index is 13.3. The molecule has 0 radical (unpaired) electrons. The lowest BCUT2D eigenvalue weighted by molar-refractivity contribution is 0.514. The van der Waals surface area contributed by atoms with Gasteiger partial charge in [0, 0.05) is 22.5 Å². The normalized spacial score (nSPS) is 29.6. The zero-order valence-corrected chi connectivity index (χ0v) is 11.2. The van der Waals surface area contributed by atoms with Crippen LogP contribution in [0.15, 0.2) is 22.7 Å². The molecule has 88 valence electrons. The van der Waals surface area contributed by atoms with Crippen molar-refractivity contribution in [2.45, 2.75) is 44.7 Å². The van der Waals surface area contributed by atoms with E-state index in [-0.39, 0.29) is 5.82 Å². The van der Waals surface area contributed by atoms with Gasteiger partial charge in [-0.1, -0.05) is 22.9 Å². The smallest absolute Gasteiger partial charge is 0.123 e. The van der Waals surface area contributed by atoms with Gasteiger partial charge in [-0.2, -0.15) is 0 Å². The molecule has 2 rings (SSSR count). The predicted molar refractivity (Wildman–Crippen MR) is 68.1 cm³/mol. The molecule has 1 saturated heterocycles. The zero-order chi connectivity index (χ0) is 11.7. The van der Waals surface area contributed by atoms with Crippen molar-refractivity contribution >= 4 is 15.9 Å². The van der Waals surface area contributed by atoms with E-state index in [1.807, 2.05) is 0 Å². The summed E-state index contributed by atoms with van der Waals surface area (Å²) in [6.45, 7) is 4.37. The zero-order valence-electron chi connectivity index (χ0n) is 9.63. The Hall–Kier alpha value is -0.410. The van der Waals surface area contributed by atoms with Crippen molar-refractivity contribution in [1.82, 2.24) is 5.32 Å². The number of hydrogen-bond acceptors (Lipinski definition) is 1. The van der Waals surface area contributed by atoms with Gasteiger partial charge in [-0.15, -0.1) is 0 Å². The van der Waals surface area contributed by atoms with E-state index in [2.05, 4.69) is 35.1 Å². The van der Waals surface area contributed by atoms with Crippen LogP contribution in [0.4, 0.5) is 4.39 Å². The lowest BCUT2D eigenvalue weighted by Crippen LogP contribution is -2.28. The van der Waals surface area contributed by atoms with Gasteiger partial charge in [0.2, 0.25) is 0 Å². The lowest BCUT2D eigenvalue weighted by Gasteiger charge is -2.19. The molecule has 3 heteroatoms. The first-order chi connectivity index (χ1) is 7.61. The van der Waals surface area contributed by atoms with Crippen LogP contribution in [-0.4, -0.2) is 12.1 Å². The van der Waals surface area contributed by atoms with Crippen molar-refractivity contribution < 1.29 is 4.39 Å². The van der Waals surface area contributed by atoms with Crippen LogP contribution in [0.25, 0.3) is 0 Å². The fraction of sp³-hybridized carbons (Fsp3) is 0.538. The third-order valence-corrected chi connectivity index (χ3v) is 4.11. The van der Waals surface area contributed by atoms with Crippen LogP contribution in [0.3, 0.4) is 0 Å². The molecule has 0 bridgehead atoms. The van der Waals surface area contributed by atoms with Crippen molar-refractivity contribution in [3.05, 3.63) is 34.1 Å². The highest BCUT2D eigenvalue weighted by molar-refractivity contribution is 9.10. The molecule has 1 aromatic carbocycles. The van der Waals surface area contributed by atoms with E-state index in [0.717, 1.165) is 22.9 Å². The van der Waals surface area contributed by atoms with Crippen molar-refractivity contribution in [3.8, 4) is 0 Å². The van der Waals surface area contributed by atoms with Gasteiger partial charge in [-0.25, -0.2) is 4.39 Å². The third-order valence-electron chi connectivity index (χ3n) is 3.39. The summed E-state index contributed by atoms with van der Waals surface area (Å²) in [5.41, 5.74) is 1.10. The molecule has 0 saturated carbocycles. The summed E-state index contributed by atoms with van der Waals surface area (Å²) >= 11 is 3.52. The number of rotatable bonds is 2. The second kappa shape index (κ2) is 4.84. The Morgan fingerprint density at radius 3 is 2.94 bits per heavy atom. The molecule has 0 aromatic heterocycles. The Morgan fingerprint density at radius 1 is 1.50 bits per heavy atom. The molecule has 1 fully saturated rings. The second-order valence-electron chi connectivity index (χ2n) is 4.59. The summed E-state index contributed by atoms with van der Waals surface area (Å²) in [5, 5.41) is 3.56. The average molecular weight is 286 g/mol. The molecule has 3 atom stereocenters. The van der Waals surface area contributed by atoms with Crippen LogP contribution in [0.5, 0.6) is 0 Å². The molecule has 1 nitrogen and oxygen atoms in total. The summed E-state index contributed by atoms with van der Waals surface area (Å²) in [6.07, 6.45) is 2.17. The van der Waals surface area contributed by atoms with Gasteiger partial charge in [0.15, 0.2) is 0 Å². The van der Waals surface area contributed by atoms with Crippen LogP contribution in [-0.2, 0) is 0 Å². The summed E-state index contributed by atoms with van der Waals surface area (Å²) in [5.74, 6) is 0.276. The first-order valence-electron chi connectivity index (χ1n) is 5.82. The molecule has 3 unspecified atom stereocenters. The number of benzene rings is 1. The van der Waals surface area contributed by atoms with E-state index in [1.165, 1.54) is 6.07 Å². The third kappa shape index (κ3) is 2.30. The van der Waals surface area contributed by atoms with Gasteiger partial charge in [0.1, 0.15) is 5.82 Å². The largest absolute Gasteiger partial charge is 0.311 e. The summed E-state index contributed by atoms with van der Waals surface area (Å²) in [4.78, 5) is 0. The molecule has 16 heavy (non-hydrogen) atoms. The maximum Gasteiger partial charge on any atom is 0.123 e. The number of halogens is 2. The molecule has 1 aliphatic heterocycles. The van der Waals surface area contributed by atoms with E-state index in [0.29, 0.717) is 18.0 Å². The lowest BCUT2D eigenvalue weighted by atomic mass is 9.90. The predicted octanol–water partition coefficient (Wildman–Crippen LogP) is 3.83. The minimum atomic E-state index is -0.146. The molecule has 1 aromatic rings. The minimum Gasteiger partial charge on any atom is -0.311 e. The van der Waals surface area contributed by atoms with E-state index < -0.39 is 0 Å².